The van der Waals surface area contributed by atoms with Crippen LogP contribution in [0.5, 0.6) is 0 Å². The van der Waals surface area contributed by atoms with Crippen LogP contribution in [0, 0.1) is 17.5 Å². The third-order valence-electron chi connectivity index (χ3n) is 3.17. The Morgan fingerprint density at radius 1 is 1.32 bits per heavy atom. The van der Waals surface area contributed by atoms with Crippen molar-refractivity contribution in [3.63, 3.8) is 0 Å². The minimum absolute atomic E-state index is 0. The van der Waals surface area contributed by atoms with E-state index in [0.29, 0.717) is 6.54 Å². The van der Waals surface area contributed by atoms with Gasteiger partial charge in [0.15, 0.2) is 17.5 Å². The van der Waals surface area contributed by atoms with Crippen LogP contribution in [-0.4, -0.2) is 37.0 Å². The molecule has 2 rings (SSSR count). The number of carbonyl (C=O) groups excluding carboxylic acids is 1. The Morgan fingerprint density at radius 2 is 2.00 bits per heavy atom. The van der Waals surface area contributed by atoms with Gasteiger partial charge in [-0.2, -0.15) is 0 Å². The average Bonchev–Trinajstić information content (AvgIpc) is 2.88. The summed E-state index contributed by atoms with van der Waals surface area (Å²) < 4.78 is 39.3. The lowest BCUT2D eigenvalue weighted by molar-refractivity contribution is 0.0737. The molecule has 0 saturated carbocycles. The lowest BCUT2D eigenvalue weighted by Gasteiger charge is -2.24. The van der Waals surface area contributed by atoms with Crippen molar-refractivity contribution in [2.24, 2.45) is 0 Å². The van der Waals surface area contributed by atoms with E-state index in [-0.39, 0.29) is 18.4 Å². The van der Waals surface area contributed by atoms with Crippen LogP contribution in [-0.2, 0) is 0 Å². The fraction of sp³-hybridized carbons (Fsp3) is 0.417. The molecule has 1 N–H and O–H groups in total. The highest BCUT2D eigenvalue weighted by Crippen LogP contribution is 2.18. The van der Waals surface area contributed by atoms with Gasteiger partial charge in [-0.1, -0.05) is 0 Å². The van der Waals surface area contributed by atoms with Crippen molar-refractivity contribution in [2.45, 2.75) is 12.5 Å². The average molecular weight is 295 g/mol. The molecule has 1 amide bonds. The first-order chi connectivity index (χ1) is 8.52. The molecule has 1 unspecified atom stereocenters. The van der Waals surface area contributed by atoms with E-state index in [1.165, 1.54) is 11.9 Å². The number of likely N-dealkylation sites (N-methyl/N-ethyl adjacent to an activating group) is 1. The summed E-state index contributed by atoms with van der Waals surface area (Å²) in [6.07, 6.45) is 0.757. The molecule has 0 radical (unpaired) electrons. The van der Waals surface area contributed by atoms with Crippen molar-refractivity contribution < 1.29 is 18.0 Å². The van der Waals surface area contributed by atoms with Gasteiger partial charge in [0, 0.05) is 19.6 Å². The highest BCUT2D eigenvalue weighted by atomic mass is 35.5. The second kappa shape index (κ2) is 6.25. The maximum absolute atomic E-state index is 13.5. The summed E-state index contributed by atoms with van der Waals surface area (Å²) in [4.78, 5) is 13.3. The third-order valence-corrected chi connectivity index (χ3v) is 3.17. The zero-order valence-corrected chi connectivity index (χ0v) is 11.1. The fourth-order valence-corrected chi connectivity index (χ4v) is 2.02. The Kier molecular flexibility index (Phi) is 5.20. The summed E-state index contributed by atoms with van der Waals surface area (Å²) in [6.45, 7) is 1.40. The van der Waals surface area contributed by atoms with Gasteiger partial charge in [0.25, 0.3) is 5.91 Å². The molecule has 1 aliphatic heterocycles. The van der Waals surface area contributed by atoms with E-state index in [0.717, 1.165) is 25.1 Å². The molecule has 106 valence electrons. The molecule has 0 bridgehead atoms. The number of nitrogens with one attached hydrogen (secondary N) is 1. The molecular weight excluding hydrogens is 281 g/mol. The molecule has 0 aliphatic carbocycles. The molecular formula is C12H14ClF3N2O. The van der Waals surface area contributed by atoms with Gasteiger partial charge in [-0.05, 0) is 25.1 Å². The van der Waals surface area contributed by atoms with Crippen LogP contribution in [0.1, 0.15) is 16.8 Å². The van der Waals surface area contributed by atoms with Crippen molar-refractivity contribution in [2.75, 3.05) is 20.1 Å². The second-order valence-corrected chi connectivity index (χ2v) is 4.29. The monoisotopic (exact) mass is 294 g/mol. The van der Waals surface area contributed by atoms with Crippen molar-refractivity contribution in [1.29, 1.82) is 0 Å². The Hall–Kier alpha value is -1.27. The number of rotatable bonds is 2. The molecule has 7 heteroatoms. The smallest absolute Gasteiger partial charge is 0.256 e. The van der Waals surface area contributed by atoms with Gasteiger partial charge in [0.1, 0.15) is 0 Å². The Bertz CT molecular complexity index is 478. The van der Waals surface area contributed by atoms with Crippen LogP contribution >= 0.6 is 12.4 Å². The van der Waals surface area contributed by atoms with Gasteiger partial charge in [-0.15, -0.1) is 12.4 Å². The van der Waals surface area contributed by atoms with E-state index < -0.39 is 28.9 Å². The zero-order chi connectivity index (χ0) is 13.3. The molecule has 1 aliphatic rings. The minimum atomic E-state index is -1.61. The first-order valence-corrected chi connectivity index (χ1v) is 5.63. The van der Waals surface area contributed by atoms with Crippen LogP contribution in [0.25, 0.3) is 0 Å². The minimum Gasteiger partial charge on any atom is -0.337 e. The number of halogens is 4. The molecule has 1 heterocycles. The van der Waals surface area contributed by atoms with Crippen LogP contribution < -0.4 is 5.32 Å². The Labute approximate surface area is 115 Å². The van der Waals surface area contributed by atoms with Gasteiger partial charge in [0.05, 0.1) is 5.56 Å². The highest BCUT2D eigenvalue weighted by molar-refractivity contribution is 5.94. The lowest BCUT2D eigenvalue weighted by Crippen LogP contribution is -2.38. The summed E-state index contributed by atoms with van der Waals surface area (Å²) in [5.74, 6) is -4.98. The molecule has 19 heavy (non-hydrogen) atoms. The standard InChI is InChI=1S/C12H13F3N2O.ClH/c1-17(7-4-5-16-6-7)12(18)8-2-3-9(13)11(15)10(8)14;/h2-3,7,16H,4-6H2,1H3;1H. The number of hydrogen-bond donors (Lipinski definition) is 1. The van der Waals surface area contributed by atoms with Crippen molar-refractivity contribution in [3.8, 4) is 0 Å². The number of benzene rings is 1. The molecule has 3 nitrogen and oxygen atoms in total. The van der Waals surface area contributed by atoms with Gasteiger partial charge < -0.3 is 10.2 Å². The van der Waals surface area contributed by atoms with Gasteiger partial charge in [-0.3, -0.25) is 4.79 Å². The number of amides is 1. The summed E-state index contributed by atoms with van der Waals surface area (Å²) >= 11 is 0. The number of carbonyl (C=O) groups is 1. The van der Waals surface area contributed by atoms with E-state index in [2.05, 4.69) is 5.32 Å². The van der Waals surface area contributed by atoms with E-state index in [4.69, 9.17) is 0 Å². The Morgan fingerprint density at radius 3 is 2.58 bits per heavy atom. The number of hydrogen-bond acceptors (Lipinski definition) is 2. The van der Waals surface area contributed by atoms with Gasteiger partial charge in [-0.25, -0.2) is 13.2 Å². The Balaban J connectivity index is 0.00000180. The topological polar surface area (TPSA) is 32.3 Å². The summed E-state index contributed by atoms with van der Waals surface area (Å²) in [6, 6.07) is 1.67. The van der Waals surface area contributed by atoms with Crippen LogP contribution in [0.3, 0.4) is 0 Å². The molecule has 1 saturated heterocycles. The first kappa shape index (κ1) is 15.8. The van der Waals surface area contributed by atoms with Crippen molar-refractivity contribution in [1.82, 2.24) is 10.2 Å². The second-order valence-electron chi connectivity index (χ2n) is 4.29. The summed E-state index contributed by atoms with van der Waals surface area (Å²) in [7, 11) is 1.53. The quantitative estimate of drug-likeness (QED) is 0.846. The number of nitrogens with zero attached hydrogens (tertiary/aromatic N) is 1. The molecule has 1 aromatic rings. The molecule has 1 atom stereocenters. The molecule has 1 aromatic carbocycles. The largest absolute Gasteiger partial charge is 0.337 e. The fourth-order valence-electron chi connectivity index (χ4n) is 2.02. The van der Waals surface area contributed by atoms with Crippen LogP contribution in [0.15, 0.2) is 12.1 Å². The maximum Gasteiger partial charge on any atom is 0.256 e. The normalized spacial score (nSPS) is 18.0. The van der Waals surface area contributed by atoms with Crippen LogP contribution in [0.4, 0.5) is 13.2 Å². The first-order valence-electron chi connectivity index (χ1n) is 5.63. The molecule has 1 fully saturated rings. The van der Waals surface area contributed by atoms with Crippen LogP contribution in [0.2, 0.25) is 0 Å². The predicted octanol–water partition coefficient (Wildman–Crippen LogP) is 1.96. The van der Waals surface area contributed by atoms with E-state index in [1.54, 1.807) is 0 Å². The van der Waals surface area contributed by atoms with Crippen molar-refractivity contribution >= 4 is 18.3 Å². The van der Waals surface area contributed by atoms with Gasteiger partial charge >= 0.3 is 0 Å². The molecule has 0 aromatic heterocycles. The maximum atomic E-state index is 13.5. The predicted molar refractivity (Wildman–Crippen MR) is 66.9 cm³/mol. The van der Waals surface area contributed by atoms with E-state index >= 15 is 0 Å². The summed E-state index contributed by atoms with van der Waals surface area (Å²) in [5.41, 5.74) is -0.441. The highest BCUT2D eigenvalue weighted by Gasteiger charge is 2.27. The van der Waals surface area contributed by atoms with Gasteiger partial charge in [0.2, 0.25) is 0 Å². The zero-order valence-electron chi connectivity index (χ0n) is 10.3. The van der Waals surface area contributed by atoms with E-state index in [1.807, 2.05) is 0 Å². The van der Waals surface area contributed by atoms with E-state index in [9.17, 15) is 18.0 Å². The lowest BCUT2D eigenvalue weighted by atomic mass is 10.1. The van der Waals surface area contributed by atoms with Crippen molar-refractivity contribution in [3.05, 3.63) is 35.1 Å². The molecule has 0 spiro atoms. The third kappa shape index (κ3) is 3.01. The SMILES string of the molecule is CN(C(=O)c1ccc(F)c(F)c1F)C1CCNC1.Cl. The summed E-state index contributed by atoms with van der Waals surface area (Å²) in [5, 5.41) is 3.07.